The van der Waals surface area contributed by atoms with Crippen molar-refractivity contribution in [1.82, 2.24) is 20.4 Å². The molecule has 1 heterocycles. The Hall–Kier alpha value is -0.220. The summed E-state index contributed by atoms with van der Waals surface area (Å²) in [4.78, 5) is 8.79. The first-order chi connectivity index (χ1) is 11.5. The van der Waals surface area contributed by atoms with Crippen LogP contribution in [0.3, 0.4) is 0 Å². The molecule has 0 spiro atoms. The number of nitrogens with zero attached hydrogens (tertiary/aromatic N) is 3. The van der Waals surface area contributed by atoms with Crippen LogP contribution >= 0.6 is 24.0 Å². The van der Waals surface area contributed by atoms with Crippen molar-refractivity contribution in [2.24, 2.45) is 4.99 Å². The Morgan fingerprint density at radius 3 is 2.48 bits per heavy atom. The molecule has 5 nitrogen and oxygen atoms in total. The standard InChI is InChI=1S/C17H35F2N5.HI/c1-4-6-10-23(3)13-9-21-17(20-5-2)22-15-7-11-24(12-8-15)14-16(18)19;/h15-16H,4-14H2,1-3H3,(H2,20,21,22);1H. The van der Waals surface area contributed by atoms with Gasteiger partial charge in [0.1, 0.15) is 0 Å². The van der Waals surface area contributed by atoms with Gasteiger partial charge in [-0.3, -0.25) is 9.89 Å². The molecule has 0 bridgehead atoms. The van der Waals surface area contributed by atoms with Crippen LogP contribution in [-0.2, 0) is 0 Å². The SMILES string of the molecule is CCCCN(C)CCN=C(NCC)NC1CCN(CC(F)F)CC1.I. The second kappa shape index (κ2) is 14.9. The molecule has 25 heavy (non-hydrogen) atoms. The summed E-state index contributed by atoms with van der Waals surface area (Å²) in [6.45, 7) is 9.23. The van der Waals surface area contributed by atoms with Gasteiger partial charge in [0.15, 0.2) is 5.96 Å². The lowest BCUT2D eigenvalue weighted by molar-refractivity contribution is 0.0744. The fraction of sp³-hybridized carbons (Fsp3) is 0.941. The minimum atomic E-state index is -2.24. The van der Waals surface area contributed by atoms with E-state index in [1.54, 1.807) is 0 Å². The molecule has 150 valence electrons. The predicted molar refractivity (Wildman–Crippen MR) is 112 cm³/mol. The van der Waals surface area contributed by atoms with Crippen LogP contribution in [0.5, 0.6) is 0 Å². The first-order valence-corrected chi connectivity index (χ1v) is 9.29. The number of aliphatic imine (C=N–C) groups is 1. The highest BCUT2D eigenvalue weighted by Gasteiger charge is 2.21. The van der Waals surface area contributed by atoms with Crippen LogP contribution in [-0.4, -0.2) is 81.1 Å². The zero-order chi connectivity index (χ0) is 17.8. The molecule has 0 unspecified atom stereocenters. The van der Waals surface area contributed by atoms with Crippen molar-refractivity contribution in [2.45, 2.75) is 52.0 Å². The second-order valence-corrected chi connectivity index (χ2v) is 6.53. The largest absolute Gasteiger partial charge is 0.357 e. The molecule has 0 atom stereocenters. The van der Waals surface area contributed by atoms with Gasteiger partial charge in [0, 0.05) is 32.2 Å². The van der Waals surface area contributed by atoms with Crippen LogP contribution in [0.25, 0.3) is 0 Å². The Balaban J connectivity index is 0.00000576. The highest BCUT2D eigenvalue weighted by atomic mass is 127. The molecule has 1 fully saturated rings. The van der Waals surface area contributed by atoms with Gasteiger partial charge in [-0.2, -0.15) is 0 Å². The normalized spacial score (nSPS) is 17.0. The molecule has 1 aliphatic rings. The number of nitrogens with one attached hydrogen (secondary N) is 2. The number of piperidine rings is 1. The topological polar surface area (TPSA) is 42.9 Å². The Morgan fingerprint density at radius 1 is 1.24 bits per heavy atom. The Labute approximate surface area is 169 Å². The van der Waals surface area contributed by atoms with Gasteiger partial charge in [-0.15, -0.1) is 24.0 Å². The lowest BCUT2D eigenvalue weighted by Gasteiger charge is -2.32. The van der Waals surface area contributed by atoms with Crippen molar-refractivity contribution in [3.8, 4) is 0 Å². The Kier molecular flexibility index (Phi) is 14.8. The number of guanidine groups is 1. The molecule has 2 N–H and O–H groups in total. The van der Waals surface area contributed by atoms with Gasteiger partial charge < -0.3 is 15.5 Å². The smallest absolute Gasteiger partial charge is 0.251 e. The third-order valence-corrected chi connectivity index (χ3v) is 4.31. The van der Waals surface area contributed by atoms with E-state index in [1.807, 2.05) is 4.90 Å². The number of alkyl halides is 2. The molecule has 1 rings (SSSR count). The van der Waals surface area contributed by atoms with E-state index in [4.69, 9.17) is 0 Å². The summed E-state index contributed by atoms with van der Waals surface area (Å²) < 4.78 is 24.8. The highest BCUT2D eigenvalue weighted by Crippen LogP contribution is 2.11. The molecule has 0 saturated carbocycles. The van der Waals surface area contributed by atoms with E-state index < -0.39 is 6.43 Å². The fourth-order valence-corrected chi connectivity index (χ4v) is 2.84. The van der Waals surface area contributed by atoms with E-state index in [0.29, 0.717) is 6.04 Å². The number of likely N-dealkylation sites (N-methyl/N-ethyl adjacent to an activating group) is 1. The minimum Gasteiger partial charge on any atom is -0.357 e. The monoisotopic (exact) mass is 475 g/mol. The summed E-state index contributed by atoms with van der Waals surface area (Å²) >= 11 is 0. The Morgan fingerprint density at radius 2 is 1.92 bits per heavy atom. The highest BCUT2D eigenvalue weighted by molar-refractivity contribution is 14.0. The number of unbranched alkanes of at least 4 members (excludes halogenated alkanes) is 1. The van der Waals surface area contributed by atoms with E-state index in [0.717, 1.165) is 58.1 Å². The summed E-state index contributed by atoms with van der Waals surface area (Å²) in [6, 6.07) is 0.314. The molecule has 0 aromatic carbocycles. The van der Waals surface area contributed by atoms with Crippen LogP contribution in [0.2, 0.25) is 0 Å². The first kappa shape index (κ1) is 24.8. The van der Waals surface area contributed by atoms with E-state index in [1.165, 1.54) is 12.8 Å². The number of hydrogen-bond acceptors (Lipinski definition) is 3. The molecule has 0 aromatic heterocycles. The number of rotatable bonds is 10. The van der Waals surface area contributed by atoms with E-state index >= 15 is 0 Å². The summed E-state index contributed by atoms with van der Waals surface area (Å²) in [6.07, 6.45) is 1.96. The van der Waals surface area contributed by atoms with Crippen LogP contribution in [0.1, 0.15) is 39.5 Å². The molecular formula is C17H36F2IN5. The number of halogens is 3. The molecule has 1 saturated heterocycles. The van der Waals surface area contributed by atoms with Crippen molar-refractivity contribution >= 4 is 29.9 Å². The first-order valence-electron chi connectivity index (χ1n) is 9.29. The zero-order valence-electron chi connectivity index (χ0n) is 15.9. The van der Waals surface area contributed by atoms with Gasteiger partial charge in [0.25, 0.3) is 6.43 Å². The summed E-state index contributed by atoms with van der Waals surface area (Å²) in [7, 11) is 2.13. The maximum atomic E-state index is 12.4. The molecule has 0 aromatic rings. The fourth-order valence-electron chi connectivity index (χ4n) is 2.84. The van der Waals surface area contributed by atoms with Gasteiger partial charge >= 0.3 is 0 Å². The van der Waals surface area contributed by atoms with Crippen LogP contribution in [0.4, 0.5) is 8.78 Å². The van der Waals surface area contributed by atoms with Crippen molar-refractivity contribution in [1.29, 1.82) is 0 Å². The third kappa shape index (κ3) is 11.9. The maximum Gasteiger partial charge on any atom is 0.251 e. The minimum absolute atomic E-state index is 0. The van der Waals surface area contributed by atoms with Crippen molar-refractivity contribution < 1.29 is 8.78 Å². The average Bonchev–Trinajstić information content (AvgIpc) is 2.54. The summed E-state index contributed by atoms with van der Waals surface area (Å²) in [5.41, 5.74) is 0. The van der Waals surface area contributed by atoms with Crippen LogP contribution in [0.15, 0.2) is 4.99 Å². The van der Waals surface area contributed by atoms with Gasteiger partial charge in [0.05, 0.1) is 13.1 Å². The predicted octanol–water partition coefficient (Wildman–Crippen LogP) is 2.62. The lowest BCUT2D eigenvalue weighted by Crippen LogP contribution is -2.49. The third-order valence-electron chi connectivity index (χ3n) is 4.31. The summed E-state index contributed by atoms with van der Waals surface area (Å²) in [5.74, 6) is 0.841. The number of hydrogen-bond donors (Lipinski definition) is 2. The second-order valence-electron chi connectivity index (χ2n) is 6.53. The summed E-state index contributed by atoms with van der Waals surface area (Å²) in [5, 5.41) is 6.73. The maximum absolute atomic E-state index is 12.4. The molecule has 8 heteroatoms. The van der Waals surface area contributed by atoms with Crippen LogP contribution < -0.4 is 10.6 Å². The van der Waals surface area contributed by atoms with Crippen molar-refractivity contribution in [3.05, 3.63) is 0 Å². The molecule has 0 amide bonds. The lowest BCUT2D eigenvalue weighted by atomic mass is 10.1. The number of likely N-dealkylation sites (tertiary alicyclic amines) is 1. The van der Waals surface area contributed by atoms with Crippen LogP contribution in [0, 0.1) is 0 Å². The van der Waals surface area contributed by atoms with E-state index in [-0.39, 0.29) is 30.5 Å². The zero-order valence-corrected chi connectivity index (χ0v) is 18.3. The molecular weight excluding hydrogens is 439 g/mol. The van der Waals surface area contributed by atoms with Gasteiger partial charge in [-0.1, -0.05) is 13.3 Å². The average molecular weight is 475 g/mol. The molecule has 0 aliphatic carbocycles. The van der Waals surface area contributed by atoms with Gasteiger partial charge in [-0.25, -0.2) is 8.78 Å². The van der Waals surface area contributed by atoms with Crippen molar-refractivity contribution in [2.75, 3.05) is 52.9 Å². The van der Waals surface area contributed by atoms with E-state index in [9.17, 15) is 8.78 Å². The Bertz CT molecular complexity index is 350. The van der Waals surface area contributed by atoms with Crippen molar-refractivity contribution in [3.63, 3.8) is 0 Å². The molecule has 0 radical (unpaired) electrons. The van der Waals surface area contributed by atoms with Gasteiger partial charge in [-0.05, 0) is 39.8 Å². The van der Waals surface area contributed by atoms with Gasteiger partial charge in [0.2, 0.25) is 0 Å². The van der Waals surface area contributed by atoms with E-state index in [2.05, 4.69) is 41.4 Å². The quantitative estimate of drug-likeness (QED) is 0.290. The molecule has 1 aliphatic heterocycles.